The summed E-state index contributed by atoms with van der Waals surface area (Å²) in [6.45, 7) is 14.5. The smallest absolute Gasteiger partial charge is 0.410 e. The van der Waals surface area contributed by atoms with E-state index in [2.05, 4.69) is 16.3 Å². The number of pyridine rings is 1. The van der Waals surface area contributed by atoms with E-state index in [1.807, 2.05) is 39.0 Å². The number of sulfonamides is 1. The number of rotatable bonds is 12. The van der Waals surface area contributed by atoms with Gasteiger partial charge in [0.2, 0.25) is 27.7 Å². The topological polar surface area (TPSA) is 162 Å². The highest BCUT2D eigenvalue weighted by Crippen LogP contribution is 2.57. The molecule has 278 valence electrons. The van der Waals surface area contributed by atoms with E-state index in [0.29, 0.717) is 29.9 Å². The molecule has 2 aromatic rings. The van der Waals surface area contributed by atoms with Crippen molar-refractivity contribution in [1.82, 2.24) is 19.5 Å². The van der Waals surface area contributed by atoms with Crippen LogP contribution in [0.2, 0.25) is 0 Å². The average Bonchev–Trinajstić information content (AvgIpc) is 3.96. The van der Waals surface area contributed by atoms with Gasteiger partial charge in [0.1, 0.15) is 23.5 Å². The van der Waals surface area contributed by atoms with Gasteiger partial charge in [-0.1, -0.05) is 26.8 Å². The molecule has 1 aromatic heterocycles. The second kappa shape index (κ2) is 13.7. The van der Waals surface area contributed by atoms with E-state index in [-0.39, 0.29) is 25.8 Å². The van der Waals surface area contributed by atoms with Gasteiger partial charge in [-0.05, 0) is 81.0 Å². The maximum atomic E-state index is 14.7. The monoisotopic (exact) mass is 726 g/mol. The Balaban J connectivity index is 1.47. The minimum atomic E-state index is -3.86. The number of hydrogen-bond acceptors (Lipinski definition) is 10. The third kappa shape index (κ3) is 8.15. The normalized spacial score (nSPS) is 24.0. The van der Waals surface area contributed by atoms with Gasteiger partial charge in [0.25, 0.3) is 0 Å². The average molecular weight is 727 g/mol. The SMILES string of the molecule is C=C[C@@H]1C[C@]1(CC(=O)[C@@H]1CC(Oc2nccc3cc(OC)ccc23)CN1C(=O)[C@@H](N(C)C(=O)OC(C)(C)C)C(C)(C)C)C(=O)NS(=O)(=O)C1CC1. The third-order valence-electron chi connectivity index (χ3n) is 9.81. The lowest BCUT2D eigenvalue weighted by molar-refractivity contribution is -0.145. The minimum Gasteiger partial charge on any atom is -0.497 e. The van der Waals surface area contributed by atoms with Crippen LogP contribution >= 0.6 is 0 Å². The largest absolute Gasteiger partial charge is 0.497 e. The zero-order chi connectivity index (χ0) is 37.7. The van der Waals surface area contributed by atoms with Crippen LogP contribution in [0.5, 0.6) is 11.6 Å². The van der Waals surface area contributed by atoms with Crippen molar-refractivity contribution in [2.24, 2.45) is 16.7 Å². The van der Waals surface area contributed by atoms with E-state index >= 15 is 0 Å². The highest BCUT2D eigenvalue weighted by Gasteiger charge is 2.61. The standard InChI is InChI=1S/C37H50N4O9S/c1-10-23-19-37(23,33(44)39-51(46,47)26-12-13-26)20-29(42)28-18-25(49-31-27-14-11-24(48-9)17-22(27)15-16-38-31)21-41(28)32(43)30(35(2,3)4)40(8)34(45)50-36(5,6)7/h10-11,14-17,23,25-26,28,30H,1,12-13,18-21H2,2-9H3,(H,39,44)/t23-,25?,28+,30-,37-/m1/s1. The number of carbonyl (C=O) groups is 4. The summed E-state index contributed by atoms with van der Waals surface area (Å²) in [6.07, 6.45) is 2.79. The molecule has 3 fully saturated rings. The Morgan fingerprint density at radius 3 is 2.39 bits per heavy atom. The number of methoxy groups -OCH3 is 1. The summed E-state index contributed by atoms with van der Waals surface area (Å²) in [5.74, 6) is -1.07. The molecule has 2 aliphatic carbocycles. The van der Waals surface area contributed by atoms with Gasteiger partial charge >= 0.3 is 6.09 Å². The van der Waals surface area contributed by atoms with Crippen molar-refractivity contribution in [2.45, 2.75) is 103 Å². The minimum absolute atomic E-state index is 0.00164. The molecule has 0 bridgehead atoms. The predicted octanol–water partition coefficient (Wildman–Crippen LogP) is 4.63. The summed E-state index contributed by atoms with van der Waals surface area (Å²) in [5, 5.41) is 0.918. The van der Waals surface area contributed by atoms with Crippen LogP contribution in [0, 0.1) is 16.7 Å². The summed E-state index contributed by atoms with van der Waals surface area (Å²) >= 11 is 0. The van der Waals surface area contributed by atoms with Crippen LogP contribution in [0.1, 0.15) is 73.6 Å². The number of aromatic nitrogens is 1. The van der Waals surface area contributed by atoms with Crippen molar-refractivity contribution in [1.29, 1.82) is 0 Å². The van der Waals surface area contributed by atoms with E-state index in [4.69, 9.17) is 14.2 Å². The third-order valence-corrected chi connectivity index (χ3v) is 11.6. The van der Waals surface area contributed by atoms with Gasteiger partial charge in [-0.15, -0.1) is 6.58 Å². The van der Waals surface area contributed by atoms with Crippen LogP contribution in [-0.2, 0) is 29.1 Å². The van der Waals surface area contributed by atoms with Crippen molar-refractivity contribution < 1.29 is 41.8 Å². The van der Waals surface area contributed by atoms with Crippen LogP contribution in [0.3, 0.4) is 0 Å². The number of fused-ring (bicyclic) bond motifs is 1. The van der Waals surface area contributed by atoms with Crippen LogP contribution in [0.25, 0.3) is 10.8 Å². The number of ether oxygens (including phenoxy) is 3. The van der Waals surface area contributed by atoms with Gasteiger partial charge in [-0.3, -0.25) is 24.0 Å². The van der Waals surface area contributed by atoms with Crippen molar-refractivity contribution in [3.63, 3.8) is 0 Å². The van der Waals surface area contributed by atoms with Gasteiger partial charge in [0, 0.05) is 31.5 Å². The Bertz CT molecular complexity index is 1830. The first kappa shape index (κ1) is 38.0. The first-order chi connectivity index (χ1) is 23.7. The van der Waals surface area contributed by atoms with E-state index in [1.54, 1.807) is 46.2 Å². The lowest BCUT2D eigenvalue weighted by atomic mass is 9.84. The number of ketones is 1. The number of hydrogen-bond donors (Lipinski definition) is 1. The van der Waals surface area contributed by atoms with Gasteiger partial charge < -0.3 is 19.1 Å². The number of allylic oxidation sites excluding steroid dienone is 1. The van der Waals surface area contributed by atoms with Crippen LogP contribution in [0.4, 0.5) is 4.79 Å². The molecule has 3 amide bonds. The Labute approximate surface area is 300 Å². The summed E-state index contributed by atoms with van der Waals surface area (Å²) in [5.41, 5.74) is -2.90. The molecule has 0 spiro atoms. The fraction of sp³-hybridized carbons (Fsp3) is 0.595. The van der Waals surface area contributed by atoms with Crippen molar-refractivity contribution in [3.8, 4) is 11.6 Å². The zero-order valence-electron chi connectivity index (χ0n) is 30.7. The summed E-state index contributed by atoms with van der Waals surface area (Å²) in [7, 11) is -0.788. The molecule has 3 aliphatic rings. The highest BCUT2D eigenvalue weighted by atomic mass is 32.2. The molecule has 2 heterocycles. The number of carbonyl (C=O) groups excluding carboxylic acids is 4. The fourth-order valence-corrected chi connectivity index (χ4v) is 8.35. The molecule has 2 saturated carbocycles. The Kier molecular flexibility index (Phi) is 10.2. The Morgan fingerprint density at radius 2 is 1.82 bits per heavy atom. The fourth-order valence-electron chi connectivity index (χ4n) is 6.96. The van der Waals surface area contributed by atoms with Gasteiger partial charge in [0.05, 0.1) is 30.4 Å². The lowest BCUT2D eigenvalue weighted by Crippen LogP contribution is -2.58. The molecule has 51 heavy (non-hydrogen) atoms. The molecular formula is C37H50N4O9S. The quantitative estimate of drug-likeness (QED) is 0.305. The van der Waals surface area contributed by atoms with Crippen molar-refractivity contribution in [2.75, 3.05) is 20.7 Å². The highest BCUT2D eigenvalue weighted by molar-refractivity contribution is 7.90. The van der Waals surface area contributed by atoms with Crippen molar-refractivity contribution >= 4 is 44.5 Å². The first-order valence-corrected chi connectivity index (χ1v) is 18.8. The number of amides is 3. The number of likely N-dealkylation sites (N-methyl/N-ethyl adjacent to an activating group) is 1. The molecule has 1 aromatic carbocycles. The number of nitrogens with one attached hydrogen (secondary N) is 1. The van der Waals surface area contributed by atoms with Gasteiger partial charge in [0.15, 0.2) is 5.78 Å². The number of Topliss-reactive ketones (excluding diaryl/α,β-unsaturated/α-hetero) is 1. The molecule has 1 N–H and O–H groups in total. The van der Waals surface area contributed by atoms with Crippen LogP contribution in [0.15, 0.2) is 43.1 Å². The molecule has 14 heteroatoms. The molecular weight excluding hydrogens is 676 g/mol. The van der Waals surface area contributed by atoms with E-state index in [1.165, 1.54) is 16.8 Å². The second-order valence-electron chi connectivity index (χ2n) is 16.1. The summed E-state index contributed by atoms with van der Waals surface area (Å²) < 4.78 is 45.0. The van der Waals surface area contributed by atoms with Gasteiger partial charge in [-0.2, -0.15) is 0 Å². The zero-order valence-corrected chi connectivity index (χ0v) is 31.5. The molecule has 1 aliphatic heterocycles. The predicted molar refractivity (Wildman–Crippen MR) is 191 cm³/mol. The second-order valence-corrected chi connectivity index (χ2v) is 18.0. The van der Waals surface area contributed by atoms with Crippen molar-refractivity contribution in [3.05, 3.63) is 43.1 Å². The van der Waals surface area contributed by atoms with Crippen LogP contribution < -0.4 is 14.2 Å². The van der Waals surface area contributed by atoms with E-state index in [0.717, 1.165) is 5.39 Å². The Morgan fingerprint density at radius 1 is 1.14 bits per heavy atom. The summed E-state index contributed by atoms with van der Waals surface area (Å²) in [4.78, 5) is 63.0. The van der Waals surface area contributed by atoms with Gasteiger partial charge in [-0.25, -0.2) is 18.2 Å². The van der Waals surface area contributed by atoms with E-state index < -0.39 is 79.5 Å². The number of nitrogens with zero attached hydrogens (tertiary/aromatic N) is 3. The maximum Gasteiger partial charge on any atom is 0.410 e. The number of benzene rings is 1. The molecule has 5 rings (SSSR count). The molecule has 0 radical (unpaired) electrons. The van der Waals surface area contributed by atoms with E-state index in [9.17, 15) is 27.6 Å². The maximum absolute atomic E-state index is 14.7. The molecule has 13 nitrogen and oxygen atoms in total. The van der Waals surface area contributed by atoms with Crippen LogP contribution in [-0.4, -0.2) is 96.6 Å². The Hall–Kier alpha value is -4.20. The molecule has 5 atom stereocenters. The number of likely N-dealkylation sites (tertiary alicyclic amines) is 1. The summed E-state index contributed by atoms with van der Waals surface area (Å²) in [6, 6.07) is 5.21. The first-order valence-electron chi connectivity index (χ1n) is 17.3. The molecule has 1 unspecified atom stereocenters. The molecule has 1 saturated heterocycles. The lowest BCUT2D eigenvalue weighted by Gasteiger charge is -2.40.